The second kappa shape index (κ2) is 31.3. The SMILES string of the molecule is CCCCCCCCCCCCCCCCCCCCOC(=O)CC[C@@H](C)[C@H]1CC[C@H]2[C@@H]3[C@H](OC(=O)Nc4ccc(C(F)(F)F)cc4)C[C@@H]4C[C@H](NS(=O)(=O)c5ccc([N+](=O)[O-])cc5)CC[C@]4(C)[C@H]3C[C@H](OC(=O)Nc3ccc(C(F)(F)F)cc3)[C@]12C. The largest absolute Gasteiger partial charge is 0.466 e. The summed E-state index contributed by atoms with van der Waals surface area (Å²) in [4.78, 5) is 52.1. The number of carbonyl (C=O) groups excluding carboxylic acids is 3. The molecule has 3 aromatic rings. The number of alkyl halides is 6. The second-order valence-electron chi connectivity index (χ2n) is 25.8. The lowest BCUT2D eigenvalue weighted by atomic mass is 9.43. The molecule has 3 aromatic carbocycles. The highest BCUT2D eigenvalue weighted by atomic mass is 32.2. The van der Waals surface area contributed by atoms with Gasteiger partial charge in [-0.15, -0.1) is 0 Å². The number of amides is 2. The Labute approximate surface area is 510 Å². The van der Waals surface area contributed by atoms with Gasteiger partial charge in [-0.3, -0.25) is 25.5 Å². The van der Waals surface area contributed by atoms with E-state index < -0.39 is 79.7 Å². The number of hydrogen-bond acceptors (Lipinski definition) is 10. The summed E-state index contributed by atoms with van der Waals surface area (Å²) in [5, 5.41) is 16.6. The number of halogens is 6. The van der Waals surface area contributed by atoms with E-state index >= 15 is 0 Å². The number of nitro benzene ring substituents is 1. The van der Waals surface area contributed by atoms with E-state index in [9.17, 15) is 59.3 Å². The van der Waals surface area contributed by atoms with Crippen LogP contribution in [-0.2, 0) is 41.4 Å². The van der Waals surface area contributed by atoms with Gasteiger partial charge in [0.15, 0.2) is 0 Å². The van der Waals surface area contributed by atoms with E-state index in [2.05, 4.69) is 43.1 Å². The van der Waals surface area contributed by atoms with Crippen molar-refractivity contribution >= 4 is 45.2 Å². The Morgan fingerprint density at radius 2 is 1.15 bits per heavy atom. The van der Waals surface area contributed by atoms with Crippen LogP contribution < -0.4 is 15.4 Å². The fourth-order valence-electron chi connectivity index (χ4n) is 15.4. The van der Waals surface area contributed by atoms with Crippen molar-refractivity contribution in [2.45, 2.75) is 237 Å². The molecule has 4 fully saturated rings. The van der Waals surface area contributed by atoms with Gasteiger partial charge < -0.3 is 14.2 Å². The number of rotatable bonds is 31. The third kappa shape index (κ3) is 18.8. The Hall–Kier alpha value is -5.44. The van der Waals surface area contributed by atoms with Gasteiger partial charge in [0, 0.05) is 47.3 Å². The molecule has 0 spiro atoms. The summed E-state index contributed by atoms with van der Waals surface area (Å²) in [6.07, 6.45) is 13.5. The van der Waals surface area contributed by atoms with Crippen molar-refractivity contribution in [1.82, 2.24) is 4.72 Å². The van der Waals surface area contributed by atoms with Crippen molar-refractivity contribution in [1.29, 1.82) is 0 Å². The molecule has 0 unspecified atom stereocenters. The van der Waals surface area contributed by atoms with Crippen LogP contribution >= 0.6 is 0 Å². The standard InChI is InChI=1S/C66H92F6N4O10S/c1-5-6-7-8-9-10-11-12-13-14-15-16-17-18-19-20-21-22-41-84-59(77)38-23-45(2)54-36-37-55-60-56(44-58(64(54,55)4)86-62(79)74-50-30-26-47(27-31-50)66(70,71)72)63(3)40-39-51(75-87(82,83)53-34-32-52(33-35-53)76(80)81)42-48(63)43-57(60)85-61(78)73-49-28-24-46(25-29-49)65(67,68)69/h24-35,45,48,51,54-58,60,75H,5-23,36-44H2,1-4H3,(H,73,78)(H,74,79)/t45-,48+,51-,54-,55+,56+,57-,58+,60+,63+,64-/m1/s1. The molecule has 4 saturated carbocycles. The van der Waals surface area contributed by atoms with Crippen molar-refractivity contribution in [3.8, 4) is 0 Å². The van der Waals surface area contributed by atoms with Gasteiger partial charge in [0.2, 0.25) is 10.0 Å². The first kappa shape index (κ1) is 69.0. The van der Waals surface area contributed by atoms with E-state index in [-0.39, 0.29) is 82.7 Å². The maximum atomic E-state index is 14.2. The number of carbonyl (C=O) groups is 3. The highest BCUT2D eigenvalue weighted by Gasteiger charge is 2.68. The Balaban J connectivity index is 1.03. The molecule has 0 heterocycles. The van der Waals surface area contributed by atoms with Crippen molar-refractivity contribution in [3.63, 3.8) is 0 Å². The fraction of sp³-hybridized carbons (Fsp3) is 0.682. The predicted molar refractivity (Wildman–Crippen MR) is 322 cm³/mol. The third-order valence-electron chi connectivity index (χ3n) is 20.2. The normalized spacial score (nSPS) is 25.7. The molecular weight excluding hydrogens is 1150 g/mol. The van der Waals surface area contributed by atoms with E-state index in [1.807, 2.05) is 0 Å². The summed E-state index contributed by atoms with van der Waals surface area (Å²) in [5.74, 6) is -1.81. The molecule has 484 valence electrons. The maximum Gasteiger partial charge on any atom is 0.416 e. The number of sulfonamides is 1. The fourth-order valence-corrected chi connectivity index (χ4v) is 16.7. The minimum Gasteiger partial charge on any atom is -0.466 e. The minimum atomic E-state index is -4.61. The van der Waals surface area contributed by atoms with E-state index in [0.29, 0.717) is 45.1 Å². The zero-order valence-electron chi connectivity index (χ0n) is 51.1. The average molecular weight is 1250 g/mol. The van der Waals surface area contributed by atoms with Crippen LogP contribution in [0, 0.1) is 56.5 Å². The van der Waals surface area contributed by atoms with Crippen LogP contribution in [0.2, 0.25) is 0 Å². The lowest BCUT2D eigenvalue weighted by Crippen LogP contribution is -2.64. The monoisotopic (exact) mass is 1250 g/mol. The molecule has 0 aromatic heterocycles. The summed E-state index contributed by atoms with van der Waals surface area (Å²) < 4.78 is 130. The van der Waals surface area contributed by atoms with Crippen molar-refractivity contribution < 1.29 is 68.3 Å². The molecule has 0 radical (unpaired) electrons. The van der Waals surface area contributed by atoms with Crippen molar-refractivity contribution in [3.05, 3.63) is 94.0 Å². The molecule has 87 heavy (non-hydrogen) atoms. The number of nitrogens with zero attached hydrogens (tertiary/aromatic N) is 1. The average Bonchev–Trinajstić information content (AvgIpc) is 1.69. The molecule has 11 atom stereocenters. The highest BCUT2D eigenvalue weighted by Crippen LogP contribution is 2.69. The molecule has 14 nitrogen and oxygen atoms in total. The van der Waals surface area contributed by atoms with Gasteiger partial charge in [-0.25, -0.2) is 22.7 Å². The van der Waals surface area contributed by atoms with Gasteiger partial charge >= 0.3 is 30.5 Å². The number of benzene rings is 3. The minimum absolute atomic E-state index is 0.0632. The molecule has 7 rings (SSSR count). The number of anilines is 2. The Kier molecular flexibility index (Phi) is 24.9. The first-order valence-corrected chi connectivity index (χ1v) is 33.5. The number of nitrogens with one attached hydrogen (secondary N) is 3. The zero-order valence-corrected chi connectivity index (χ0v) is 51.9. The molecule has 0 saturated heterocycles. The number of hydrogen-bond donors (Lipinski definition) is 3. The van der Waals surface area contributed by atoms with Crippen LogP contribution in [0.1, 0.15) is 212 Å². The molecule has 4 aliphatic rings. The van der Waals surface area contributed by atoms with Crippen molar-refractivity contribution in [2.24, 2.45) is 46.3 Å². The molecule has 0 aliphatic heterocycles. The Morgan fingerprint density at radius 1 is 0.655 bits per heavy atom. The van der Waals surface area contributed by atoms with Crippen LogP contribution in [0.4, 0.5) is 53.0 Å². The Bertz CT molecular complexity index is 2810. The summed E-state index contributed by atoms with van der Waals surface area (Å²) in [6, 6.07) is 11.9. The van der Waals surface area contributed by atoms with Crippen LogP contribution in [0.25, 0.3) is 0 Å². The zero-order chi connectivity index (χ0) is 63.0. The topological polar surface area (TPSA) is 192 Å². The number of nitro groups is 1. The summed E-state index contributed by atoms with van der Waals surface area (Å²) in [7, 11) is -4.17. The molecule has 2 amide bonds. The van der Waals surface area contributed by atoms with Gasteiger partial charge in [-0.05, 0) is 153 Å². The van der Waals surface area contributed by atoms with E-state index in [1.54, 1.807) is 0 Å². The highest BCUT2D eigenvalue weighted by molar-refractivity contribution is 7.89. The van der Waals surface area contributed by atoms with Gasteiger partial charge in [-0.1, -0.05) is 137 Å². The number of esters is 1. The maximum absolute atomic E-state index is 14.2. The first-order chi connectivity index (χ1) is 41.3. The quantitative estimate of drug-likeness (QED) is 0.0139. The molecular formula is C66H92F6N4O10S. The summed E-state index contributed by atoms with van der Waals surface area (Å²) >= 11 is 0. The van der Waals surface area contributed by atoms with Gasteiger partial charge in [-0.2, -0.15) is 26.3 Å². The van der Waals surface area contributed by atoms with E-state index in [4.69, 9.17) is 14.2 Å². The number of unbranched alkanes of at least 4 members (excludes halogenated alkanes) is 17. The van der Waals surface area contributed by atoms with E-state index in [0.717, 1.165) is 98.5 Å². The Morgan fingerprint density at radius 3 is 1.64 bits per heavy atom. The first-order valence-electron chi connectivity index (χ1n) is 32.1. The van der Waals surface area contributed by atoms with Crippen LogP contribution in [0.15, 0.2) is 77.7 Å². The molecule has 21 heteroatoms. The summed E-state index contributed by atoms with van der Waals surface area (Å²) in [6.45, 7) is 8.84. The van der Waals surface area contributed by atoms with E-state index in [1.165, 1.54) is 89.9 Å². The van der Waals surface area contributed by atoms with Crippen LogP contribution in [-0.4, -0.2) is 56.4 Å². The van der Waals surface area contributed by atoms with Gasteiger partial charge in [0.05, 0.1) is 27.6 Å². The predicted octanol–water partition coefficient (Wildman–Crippen LogP) is 18.4. The lowest BCUT2D eigenvalue weighted by molar-refractivity contribution is -0.384. The van der Waals surface area contributed by atoms with Crippen LogP contribution in [0.3, 0.4) is 0 Å². The van der Waals surface area contributed by atoms with Crippen LogP contribution in [0.5, 0.6) is 0 Å². The number of ether oxygens (including phenoxy) is 3. The molecule has 3 N–H and O–H groups in total. The summed E-state index contributed by atoms with van der Waals surface area (Å²) in [5.41, 5.74) is -3.32. The molecule has 0 bridgehead atoms. The smallest absolute Gasteiger partial charge is 0.416 e. The molecule has 4 aliphatic carbocycles. The van der Waals surface area contributed by atoms with Gasteiger partial charge in [0.25, 0.3) is 5.69 Å². The number of non-ortho nitro benzene ring substituents is 1. The number of fused-ring (bicyclic) bond motifs is 5. The van der Waals surface area contributed by atoms with Crippen molar-refractivity contribution in [2.75, 3.05) is 17.2 Å². The third-order valence-corrected chi connectivity index (χ3v) is 21.7. The van der Waals surface area contributed by atoms with Gasteiger partial charge in [0.1, 0.15) is 12.2 Å². The lowest BCUT2D eigenvalue weighted by Gasteiger charge is -2.64. The second-order valence-corrected chi connectivity index (χ2v) is 27.6.